The van der Waals surface area contributed by atoms with E-state index in [1.165, 1.54) is 12.8 Å². The van der Waals surface area contributed by atoms with Gasteiger partial charge in [0.2, 0.25) is 5.91 Å². The van der Waals surface area contributed by atoms with Crippen molar-refractivity contribution in [1.82, 2.24) is 10.2 Å². The first-order valence-corrected chi connectivity index (χ1v) is 12.1. The number of carbonyl (C=O) groups excluding carboxylic acids is 2. The van der Waals surface area contributed by atoms with Gasteiger partial charge in [-0.25, -0.2) is 0 Å². The van der Waals surface area contributed by atoms with Gasteiger partial charge in [0.25, 0.3) is 0 Å². The minimum Gasteiger partial charge on any atom is -0.508 e. The molecule has 1 aromatic carbocycles. The molecule has 0 aromatic heterocycles. The lowest BCUT2D eigenvalue weighted by atomic mass is 9.47. The SMILES string of the molecule is O=C(C[C@H]1C[C@@]2(O)[C@H]3Cc4ccc(O)cc4[C@@]2(CCN3CC2CC2)CC1=O)NCCCO. The van der Waals surface area contributed by atoms with Crippen LogP contribution in [-0.2, 0) is 21.4 Å². The average molecular weight is 443 g/mol. The molecule has 32 heavy (non-hydrogen) atoms. The number of Topliss-reactive ketones (excluding diaryl/α,β-unsaturated/α-hetero) is 1. The Labute approximate surface area is 188 Å². The van der Waals surface area contributed by atoms with Gasteiger partial charge in [-0.15, -0.1) is 0 Å². The Balaban J connectivity index is 1.47. The number of phenols is 1. The number of aliphatic hydroxyl groups is 2. The third-order valence-electron chi connectivity index (χ3n) is 8.44. The molecule has 1 aromatic rings. The van der Waals surface area contributed by atoms with Crippen LogP contribution in [0.25, 0.3) is 0 Å². The molecule has 4 atom stereocenters. The number of nitrogens with one attached hydrogen (secondary N) is 1. The van der Waals surface area contributed by atoms with Gasteiger partial charge in [-0.3, -0.25) is 14.5 Å². The number of phenolic OH excluding ortho intramolecular Hbond substituents is 1. The van der Waals surface area contributed by atoms with Crippen LogP contribution in [0.15, 0.2) is 18.2 Å². The van der Waals surface area contributed by atoms with Gasteiger partial charge in [0.1, 0.15) is 11.5 Å². The zero-order chi connectivity index (χ0) is 22.5. The second kappa shape index (κ2) is 8.12. The molecule has 5 rings (SSSR count). The van der Waals surface area contributed by atoms with E-state index in [1.54, 1.807) is 12.1 Å². The van der Waals surface area contributed by atoms with Crippen molar-refractivity contribution in [3.63, 3.8) is 0 Å². The van der Waals surface area contributed by atoms with Gasteiger partial charge in [0.05, 0.1) is 5.60 Å². The van der Waals surface area contributed by atoms with Crippen molar-refractivity contribution in [3.8, 4) is 5.75 Å². The Morgan fingerprint density at radius 1 is 1.28 bits per heavy atom. The quantitative estimate of drug-likeness (QED) is 0.474. The van der Waals surface area contributed by atoms with E-state index >= 15 is 0 Å². The molecule has 2 bridgehead atoms. The Hall–Kier alpha value is -1.96. The Kier molecular flexibility index (Phi) is 5.55. The predicted molar refractivity (Wildman–Crippen MR) is 118 cm³/mol. The minimum absolute atomic E-state index is 0.00960. The molecule has 0 spiro atoms. The minimum atomic E-state index is -1.11. The molecule has 4 aliphatic rings. The number of piperidine rings is 1. The summed E-state index contributed by atoms with van der Waals surface area (Å²) in [5.74, 6) is 0.176. The fourth-order valence-electron chi connectivity index (χ4n) is 6.63. The molecule has 1 amide bonds. The number of amides is 1. The highest BCUT2D eigenvalue weighted by Crippen LogP contribution is 2.59. The van der Waals surface area contributed by atoms with Gasteiger partial charge in [-0.05, 0) is 74.2 Å². The standard InChI is InChI=1S/C25H34N2O5/c28-9-1-7-26-23(31)11-18-13-25(32)22-10-17-4-5-19(29)12-20(17)24(25,14-21(18)30)6-8-27(22)15-16-2-3-16/h4-5,12,16,18,22,28-29,32H,1-3,6-11,13-15H2,(H,26,31)/t18-,22+,24+,25+/m0/s1. The van der Waals surface area contributed by atoms with Crippen LogP contribution < -0.4 is 5.32 Å². The third kappa shape index (κ3) is 3.55. The molecule has 3 aliphatic carbocycles. The number of ketones is 1. The molecule has 174 valence electrons. The number of nitrogens with zero attached hydrogens (tertiary/aromatic N) is 1. The Morgan fingerprint density at radius 3 is 2.84 bits per heavy atom. The molecule has 0 radical (unpaired) electrons. The van der Waals surface area contributed by atoms with Gasteiger partial charge in [0, 0.05) is 49.9 Å². The number of hydrogen-bond acceptors (Lipinski definition) is 6. The zero-order valence-electron chi connectivity index (χ0n) is 18.6. The summed E-state index contributed by atoms with van der Waals surface area (Å²) in [4.78, 5) is 28.2. The summed E-state index contributed by atoms with van der Waals surface area (Å²) in [5, 5.41) is 34.3. The second-order valence-corrected chi connectivity index (χ2v) is 10.4. The van der Waals surface area contributed by atoms with Crippen molar-refractivity contribution < 1.29 is 24.9 Å². The van der Waals surface area contributed by atoms with Crippen LogP contribution in [0.5, 0.6) is 5.75 Å². The van der Waals surface area contributed by atoms with E-state index in [0.717, 1.165) is 24.2 Å². The number of carbonyl (C=O) groups is 2. The van der Waals surface area contributed by atoms with Crippen molar-refractivity contribution in [1.29, 1.82) is 0 Å². The first-order valence-electron chi connectivity index (χ1n) is 12.1. The average Bonchev–Trinajstić information content (AvgIpc) is 3.56. The van der Waals surface area contributed by atoms with Crippen molar-refractivity contribution >= 4 is 11.7 Å². The van der Waals surface area contributed by atoms with Crippen LogP contribution in [0.2, 0.25) is 0 Å². The summed E-state index contributed by atoms with van der Waals surface area (Å²) < 4.78 is 0. The molecular formula is C25H34N2O5. The molecule has 1 heterocycles. The lowest BCUT2D eigenvalue weighted by Gasteiger charge is -2.64. The number of fused-ring (bicyclic) bond motifs is 1. The van der Waals surface area contributed by atoms with Gasteiger partial charge < -0.3 is 20.6 Å². The molecule has 2 saturated carbocycles. The summed E-state index contributed by atoms with van der Waals surface area (Å²) in [7, 11) is 0. The smallest absolute Gasteiger partial charge is 0.220 e. The van der Waals surface area contributed by atoms with Crippen molar-refractivity contribution in [3.05, 3.63) is 29.3 Å². The lowest BCUT2D eigenvalue weighted by Crippen LogP contribution is -2.74. The topological polar surface area (TPSA) is 110 Å². The van der Waals surface area contributed by atoms with Gasteiger partial charge >= 0.3 is 0 Å². The highest BCUT2D eigenvalue weighted by molar-refractivity contribution is 5.89. The van der Waals surface area contributed by atoms with E-state index in [4.69, 9.17) is 5.11 Å². The fourth-order valence-corrected chi connectivity index (χ4v) is 6.63. The molecule has 7 nitrogen and oxygen atoms in total. The summed E-state index contributed by atoms with van der Waals surface area (Å²) in [6, 6.07) is 5.32. The number of likely N-dealkylation sites (tertiary alicyclic amines) is 1. The second-order valence-electron chi connectivity index (χ2n) is 10.4. The van der Waals surface area contributed by atoms with Crippen LogP contribution in [0.1, 0.15) is 56.1 Å². The molecule has 4 N–H and O–H groups in total. The summed E-state index contributed by atoms with van der Waals surface area (Å²) >= 11 is 0. The highest BCUT2D eigenvalue weighted by Gasteiger charge is 2.66. The molecule has 3 fully saturated rings. The first-order chi connectivity index (χ1) is 15.4. The maximum atomic E-state index is 13.3. The molecular weight excluding hydrogens is 408 g/mol. The normalized spacial score (nSPS) is 34.0. The van der Waals surface area contributed by atoms with E-state index in [1.807, 2.05) is 6.07 Å². The first kappa shape index (κ1) is 21.9. The zero-order valence-corrected chi connectivity index (χ0v) is 18.6. The number of aliphatic hydroxyl groups excluding tert-OH is 1. The molecule has 0 unspecified atom stereocenters. The van der Waals surface area contributed by atoms with Gasteiger partial charge in [0.15, 0.2) is 0 Å². The fraction of sp³-hybridized carbons (Fsp3) is 0.680. The number of rotatable bonds is 7. The van der Waals surface area contributed by atoms with E-state index < -0.39 is 16.9 Å². The van der Waals surface area contributed by atoms with E-state index in [0.29, 0.717) is 31.7 Å². The van der Waals surface area contributed by atoms with E-state index in [9.17, 15) is 19.8 Å². The molecule has 1 saturated heterocycles. The Bertz CT molecular complexity index is 916. The number of benzene rings is 1. The predicted octanol–water partition coefficient (Wildman–Crippen LogP) is 1.27. The maximum Gasteiger partial charge on any atom is 0.220 e. The number of hydrogen-bond donors (Lipinski definition) is 4. The summed E-state index contributed by atoms with van der Waals surface area (Å²) in [5.41, 5.74) is 0.225. The van der Waals surface area contributed by atoms with Crippen LogP contribution in [-0.4, -0.2) is 69.8 Å². The number of aromatic hydroxyl groups is 1. The van der Waals surface area contributed by atoms with Crippen molar-refractivity contribution in [2.24, 2.45) is 11.8 Å². The largest absolute Gasteiger partial charge is 0.508 e. The van der Waals surface area contributed by atoms with Crippen LogP contribution in [0, 0.1) is 11.8 Å². The van der Waals surface area contributed by atoms with Crippen LogP contribution >= 0.6 is 0 Å². The Morgan fingerprint density at radius 2 is 2.09 bits per heavy atom. The van der Waals surface area contributed by atoms with Crippen molar-refractivity contribution in [2.75, 3.05) is 26.2 Å². The monoisotopic (exact) mass is 442 g/mol. The van der Waals surface area contributed by atoms with Crippen LogP contribution in [0.4, 0.5) is 0 Å². The van der Waals surface area contributed by atoms with Gasteiger partial charge in [-0.2, -0.15) is 0 Å². The van der Waals surface area contributed by atoms with Crippen molar-refractivity contribution in [2.45, 2.75) is 68.4 Å². The van der Waals surface area contributed by atoms with E-state index in [2.05, 4.69) is 10.2 Å². The lowest BCUT2D eigenvalue weighted by molar-refractivity contribution is -0.182. The van der Waals surface area contributed by atoms with Gasteiger partial charge in [-0.1, -0.05) is 6.07 Å². The summed E-state index contributed by atoms with van der Waals surface area (Å²) in [6.45, 7) is 2.22. The maximum absolute atomic E-state index is 13.3. The van der Waals surface area contributed by atoms with E-state index in [-0.39, 0.29) is 49.4 Å². The van der Waals surface area contributed by atoms with Crippen LogP contribution in [0.3, 0.4) is 0 Å². The highest BCUT2D eigenvalue weighted by atomic mass is 16.3. The molecule has 7 heteroatoms. The molecule has 1 aliphatic heterocycles. The third-order valence-corrected chi connectivity index (χ3v) is 8.44. The summed E-state index contributed by atoms with van der Waals surface area (Å²) in [6.07, 6.45) is 4.91.